The van der Waals surface area contributed by atoms with Crippen molar-refractivity contribution in [3.05, 3.63) is 29.6 Å². The zero-order chi connectivity index (χ0) is 13.8. The number of halogens is 2. The van der Waals surface area contributed by atoms with Gasteiger partial charge in [0.15, 0.2) is 0 Å². The summed E-state index contributed by atoms with van der Waals surface area (Å²) >= 11 is 3.46. The van der Waals surface area contributed by atoms with E-state index >= 15 is 0 Å². The third kappa shape index (κ3) is 3.48. The van der Waals surface area contributed by atoms with Crippen LogP contribution in [0.4, 0.5) is 10.1 Å². The Morgan fingerprint density at radius 1 is 1.47 bits per heavy atom. The van der Waals surface area contributed by atoms with Crippen molar-refractivity contribution in [3.8, 4) is 0 Å². The molecule has 19 heavy (non-hydrogen) atoms. The van der Waals surface area contributed by atoms with Crippen LogP contribution in [0.5, 0.6) is 0 Å². The molecule has 1 aromatic rings. The van der Waals surface area contributed by atoms with Crippen molar-refractivity contribution >= 4 is 21.6 Å². The highest BCUT2D eigenvalue weighted by atomic mass is 79.9. The Hall–Kier alpha value is -0.610. The third-order valence-corrected chi connectivity index (χ3v) is 4.44. The first-order valence-electron chi connectivity index (χ1n) is 6.78. The molecule has 1 aromatic carbocycles. The van der Waals surface area contributed by atoms with E-state index < -0.39 is 0 Å². The van der Waals surface area contributed by atoms with Crippen LogP contribution in [0.2, 0.25) is 0 Å². The van der Waals surface area contributed by atoms with Crippen molar-refractivity contribution in [2.45, 2.75) is 31.1 Å². The van der Waals surface area contributed by atoms with Gasteiger partial charge in [0.2, 0.25) is 0 Å². The Morgan fingerprint density at radius 3 is 2.79 bits per heavy atom. The van der Waals surface area contributed by atoms with Crippen molar-refractivity contribution in [1.29, 1.82) is 0 Å². The monoisotopic (exact) mass is 329 g/mol. The van der Waals surface area contributed by atoms with E-state index in [4.69, 9.17) is 4.74 Å². The van der Waals surface area contributed by atoms with Gasteiger partial charge in [0.1, 0.15) is 5.82 Å². The van der Waals surface area contributed by atoms with Crippen LogP contribution in [0.25, 0.3) is 0 Å². The van der Waals surface area contributed by atoms with E-state index in [2.05, 4.69) is 27.8 Å². The van der Waals surface area contributed by atoms with Crippen molar-refractivity contribution in [2.24, 2.45) is 5.92 Å². The molecule has 1 aliphatic rings. The van der Waals surface area contributed by atoms with Gasteiger partial charge in [-0.05, 0) is 37.3 Å². The van der Waals surface area contributed by atoms with Crippen molar-refractivity contribution in [3.63, 3.8) is 0 Å². The van der Waals surface area contributed by atoms with Crippen LogP contribution in [0, 0.1) is 11.7 Å². The highest BCUT2D eigenvalue weighted by molar-refractivity contribution is 9.08. The molecule has 1 aliphatic carbocycles. The molecular weight excluding hydrogens is 309 g/mol. The van der Waals surface area contributed by atoms with E-state index in [9.17, 15) is 4.39 Å². The SMILES string of the molecule is COCCN(c1c(F)cccc1CBr)C(C)C1CC1. The topological polar surface area (TPSA) is 12.5 Å². The normalized spacial score (nSPS) is 16.4. The van der Waals surface area contributed by atoms with Crippen molar-refractivity contribution in [2.75, 3.05) is 25.2 Å². The van der Waals surface area contributed by atoms with Gasteiger partial charge in [0.25, 0.3) is 0 Å². The molecule has 106 valence electrons. The molecule has 0 spiro atoms. The number of rotatable bonds is 7. The molecule has 0 amide bonds. The summed E-state index contributed by atoms with van der Waals surface area (Å²) in [5.41, 5.74) is 1.74. The number of hydrogen-bond acceptors (Lipinski definition) is 2. The number of benzene rings is 1. The maximum atomic E-state index is 14.3. The molecule has 1 saturated carbocycles. The Balaban J connectivity index is 2.30. The average Bonchev–Trinajstić information content (AvgIpc) is 3.24. The molecule has 4 heteroatoms. The van der Waals surface area contributed by atoms with E-state index in [0.29, 0.717) is 23.9 Å². The summed E-state index contributed by atoms with van der Waals surface area (Å²) in [4.78, 5) is 2.17. The van der Waals surface area contributed by atoms with Gasteiger partial charge in [0, 0.05) is 25.0 Å². The number of hydrogen-bond donors (Lipinski definition) is 0. The summed E-state index contributed by atoms with van der Waals surface area (Å²) in [6.45, 7) is 3.54. The van der Waals surface area contributed by atoms with E-state index in [0.717, 1.165) is 17.8 Å². The van der Waals surface area contributed by atoms with Gasteiger partial charge in [-0.2, -0.15) is 0 Å². The number of alkyl halides is 1. The molecule has 0 N–H and O–H groups in total. The number of anilines is 1. The molecule has 0 aromatic heterocycles. The van der Waals surface area contributed by atoms with Gasteiger partial charge in [-0.15, -0.1) is 0 Å². The third-order valence-electron chi connectivity index (χ3n) is 3.83. The molecule has 1 unspecified atom stereocenters. The predicted molar refractivity (Wildman–Crippen MR) is 80.4 cm³/mol. The second kappa shape index (κ2) is 6.71. The van der Waals surface area contributed by atoms with Crippen LogP contribution < -0.4 is 4.90 Å². The molecule has 1 fully saturated rings. The van der Waals surface area contributed by atoms with E-state index in [-0.39, 0.29) is 5.82 Å². The fourth-order valence-electron chi connectivity index (χ4n) is 2.53. The summed E-state index contributed by atoms with van der Waals surface area (Å²) in [6.07, 6.45) is 2.51. The average molecular weight is 330 g/mol. The molecule has 2 rings (SSSR count). The van der Waals surface area contributed by atoms with Crippen LogP contribution in [-0.2, 0) is 10.1 Å². The first-order chi connectivity index (χ1) is 9.19. The Labute approximate surface area is 123 Å². The van der Waals surface area contributed by atoms with Gasteiger partial charge in [-0.3, -0.25) is 0 Å². The quantitative estimate of drug-likeness (QED) is 0.702. The Kier molecular flexibility index (Phi) is 5.22. The number of nitrogens with zero attached hydrogens (tertiary/aromatic N) is 1. The van der Waals surface area contributed by atoms with Gasteiger partial charge in [0.05, 0.1) is 12.3 Å². The van der Waals surface area contributed by atoms with Gasteiger partial charge in [-0.25, -0.2) is 4.39 Å². The zero-order valence-corrected chi connectivity index (χ0v) is 13.1. The smallest absolute Gasteiger partial charge is 0.146 e. The van der Waals surface area contributed by atoms with Crippen LogP contribution >= 0.6 is 15.9 Å². The highest BCUT2D eigenvalue weighted by Gasteiger charge is 2.33. The summed E-state index contributed by atoms with van der Waals surface area (Å²) in [7, 11) is 1.69. The lowest BCUT2D eigenvalue weighted by Gasteiger charge is -2.33. The Bertz CT molecular complexity index is 423. The molecule has 0 aliphatic heterocycles. The largest absolute Gasteiger partial charge is 0.383 e. The van der Waals surface area contributed by atoms with Gasteiger partial charge in [-0.1, -0.05) is 28.1 Å². The molecule has 0 saturated heterocycles. The van der Waals surface area contributed by atoms with Crippen LogP contribution in [0.1, 0.15) is 25.3 Å². The van der Waals surface area contributed by atoms with E-state index in [1.54, 1.807) is 19.2 Å². The minimum atomic E-state index is -0.138. The Morgan fingerprint density at radius 2 is 2.21 bits per heavy atom. The molecule has 0 radical (unpaired) electrons. The number of methoxy groups -OCH3 is 1. The molecule has 2 nitrogen and oxygen atoms in total. The van der Waals surface area contributed by atoms with E-state index in [1.165, 1.54) is 12.8 Å². The van der Waals surface area contributed by atoms with Crippen molar-refractivity contribution in [1.82, 2.24) is 0 Å². The summed E-state index contributed by atoms with van der Waals surface area (Å²) in [5.74, 6) is 0.556. The fraction of sp³-hybridized carbons (Fsp3) is 0.600. The zero-order valence-electron chi connectivity index (χ0n) is 11.5. The van der Waals surface area contributed by atoms with Gasteiger partial charge >= 0.3 is 0 Å². The lowest BCUT2D eigenvalue weighted by Crippen LogP contribution is -2.38. The molecule has 1 atom stereocenters. The van der Waals surface area contributed by atoms with Crippen LogP contribution in [0.3, 0.4) is 0 Å². The molecule has 0 bridgehead atoms. The lowest BCUT2D eigenvalue weighted by atomic mass is 10.1. The lowest BCUT2D eigenvalue weighted by molar-refractivity contribution is 0.202. The molecule has 0 heterocycles. The first kappa shape index (κ1) is 14.8. The summed E-state index contributed by atoms with van der Waals surface area (Å²) in [5, 5.41) is 0.668. The number of ether oxygens (including phenoxy) is 1. The second-order valence-corrected chi connectivity index (χ2v) is 5.71. The highest BCUT2D eigenvalue weighted by Crippen LogP contribution is 2.38. The minimum absolute atomic E-state index is 0.138. The maximum Gasteiger partial charge on any atom is 0.146 e. The number of para-hydroxylation sites is 1. The van der Waals surface area contributed by atoms with Crippen LogP contribution in [-0.4, -0.2) is 26.3 Å². The maximum absolute atomic E-state index is 14.3. The summed E-state index contributed by atoms with van der Waals surface area (Å²) < 4.78 is 19.4. The van der Waals surface area contributed by atoms with E-state index in [1.807, 2.05) is 6.07 Å². The van der Waals surface area contributed by atoms with Crippen molar-refractivity contribution < 1.29 is 9.13 Å². The summed E-state index contributed by atoms with van der Waals surface area (Å²) in [6, 6.07) is 5.66. The van der Waals surface area contributed by atoms with Crippen LogP contribution in [0.15, 0.2) is 18.2 Å². The van der Waals surface area contributed by atoms with Gasteiger partial charge < -0.3 is 9.64 Å². The predicted octanol–water partition coefficient (Wildman–Crippen LogP) is 3.97. The first-order valence-corrected chi connectivity index (χ1v) is 7.90. The standard InChI is InChI=1S/C15H21BrFNO/c1-11(12-6-7-12)18(8-9-19-2)15-13(10-16)4-3-5-14(15)17/h3-5,11-12H,6-10H2,1-2H3. The molecular formula is C15H21BrFNO. The second-order valence-electron chi connectivity index (χ2n) is 5.15. The fourth-order valence-corrected chi connectivity index (χ4v) is 2.98. The minimum Gasteiger partial charge on any atom is -0.383 e.